The van der Waals surface area contributed by atoms with E-state index < -0.39 is 61.4 Å². The fourth-order valence-corrected chi connectivity index (χ4v) is 3.29. The molecule has 2 fully saturated rings. The summed E-state index contributed by atoms with van der Waals surface area (Å²) in [6, 6.07) is 0. The number of unbranched alkanes of at least 4 members (excludes halogenated alkanes) is 2. The molecule has 0 saturated carbocycles. The van der Waals surface area contributed by atoms with E-state index in [0.717, 1.165) is 19.3 Å². The van der Waals surface area contributed by atoms with E-state index in [1.54, 1.807) is 6.08 Å². The second-order valence-electron chi connectivity index (χ2n) is 7.50. The molecule has 29 heavy (non-hydrogen) atoms. The molecule has 0 radical (unpaired) electrons. The van der Waals surface area contributed by atoms with Gasteiger partial charge in [0.1, 0.15) is 42.7 Å². The van der Waals surface area contributed by atoms with Crippen LogP contribution >= 0.6 is 0 Å². The van der Waals surface area contributed by atoms with Crippen molar-refractivity contribution in [3.8, 4) is 0 Å². The summed E-state index contributed by atoms with van der Waals surface area (Å²) in [5.41, 5.74) is 0. The normalized spacial score (nSPS) is 41.8. The van der Waals surface area contributed by atoms with E-state index in [0.29, 0.717) is 6.42 Å². The van der Waals surface area contributed by atoms with Gasteiger partial charge in [-0.05, 0) is 6.42 Å². The lowest BCUT2D eigenvalue weighted by Gasteiger charge is -2.42. The fourth-order valence-electron chi connectivity index (χ4n) is 3.29. The Kier molecular flexibility index (Phi) is 9.89. The molecule has 10 atom stereocenters. The van der Waals surface area contributed by atoms with Crippen molar-refractivity contribution in [1.82, 2.24) is 0 Å². The summed E-state index contributed by atoms with van der Waals surface area (Å²) in [6.45, 7) is 5.24. The van der Waals surface area contributed by atoms with Crippen LogP contribution in [0.25, 0.3) is 0 Å². The van der Waals surface area contributed by atoms with E-state index in [1.807, 2.05) is 0 Å². The van der Waals surface area contributed by atoms with Crippen molar-refractivity contribution in [2.45, 2.75) is 94.0 Å². The van der Waals surface area contributed by atoms with Crippen LogP contribution in [0.15, 0.2) is 12.7 Å². The van der Waals surface area contributed by atoms with Gasteiger partial charge in [0.05, 0.1) is 19.3 Å². The zero-order chi connectivity index (χ0) is 21.6. The van der Waals surface area contributed by atoms with E-state index in [4.69, 9.17) is 18.9 Å². The van der Waals surface area contributed by atoms with Gasteiger partial charge in [-0.15, -0.1) is 6.58 Å². The first-order valence-electron chi connectivity index (χ1n) is 10.0. The summed E-state index contributed by atoms with van der Waals surface area (Å²) in [5, 5.41) is 59.6. The monoisotopic (exact) mass is 422 g/mol. The molecular weight excluding hydrogens is 388 g/mol. The highest BCUT2D eigenvalue weighted by Gasteiger charge is 2.46. The molecule has 170 valence electrons. The molecule has 6 N–H and O–H groups in total. The van der Waals surface area contributed by atoms with Gasteiger partial charge in [0.2, 0.25) is 0 Å². The van der Waals surface area contributed by atoms with Crippen LogP contribution < -0.4 is 0 Å². The lowest BCUT2D eigenvalue weighted by molar-refractivity contribution is -0.325. The lowest BCUT2D eigenvalue weighted by Crippen LogP contribution is -2.60. The van der Waals surface area contributed by atoms with Gasteiger partial charge in [-0.1, -0.05) is 32.3 Å². The average molecular weight is 422 g/mol. The second kappa shape index (κ2) is 11.7. The van der Waals surface area contributed by atoms with Crippen LogP contribution in [0.5, 0.6) is 0 Å². The first-order chi connectivity index (χ1) is 13.8. The topological polar surface area (TPSA) is 158 Å². The first kappa shape index (κ1) is 24.6. The Morgan fingerprint density at radius 1 is 0.966 bits per heavy atom. The summed E-state index contributed by atoms with van der Waals surface area (Å²) in [5.74, 6) is 0. The molecule has 0 amide bonds. The Labute approximate surface area is 170 Å². The maximum absolute atomic E-state index is 10.2. The van der Waals surface area contributed by atoms with Crippen molar-refractivity contribution >= 4 is 0 Å². The predicted octanol–water partition coefficient (Wildman–Crippen LogP) is -1.60. The van der Waals surface area contributed by atoms with Gasteiger partial charge >= 0.3 is 0 Å². The zero-order valence-electron chi connectivity index (χ0n) is 16.6. The maximum atomic E-state index is 10.2. The summed E-state index contributed by atoms with van der Waals surface area (Å²) >= 11 is 0. The molecule has 0 unspecified atom stereocenters. The Morgan fingerprint density at radius 2 is 1.66 bits per heavy atom. The molecule has 2 heterocycles. The third kappa shape index (κ3) is 6.41. The SMILES string of the molecule is C=C[C@H](CCCCC)O[C@@H]1O[C@@H](CO[C@H]2OC[C@@H](O)[C@@H](O)[C@H]2O)[C@@H](O)[C@@H](O)[C@H]1O. The molecule has 10 nitrogen and oxygen atoms in total. The zero-order valence-corrected chi connectivity index (χ0v) is 16.6. The molecular formula is C19H34O10. The summed E-state index contributed by atoms with van der Waals surface area (Å²) in [7, 11) is 0. The van der Waals surface area contributed by atoms with Crippen LogP contribution in [0, 0.1) is 0 Å². The Hall–Kier alpha value is -0.660. The van der Waals surface area contributed by atoms with Crippen LogP contribution in [-0.2, 0) is 18.9 Å². The summed E-state index contributed by atoms with van der Waals surface area (Å²) in [6.07, 6.45) is -7.36. The smallest absolute Gasteiger partial charge is 0.187 e. The number of rotatable bonds is 10. The minimum atomic E-state index is -1.53. The lowest BCUT2D eigenvalue weighted by atomic mass is 9.99. The van der Waals surface area contributed by atoms with E-state index in [-0.39, 0.29) is 13.2 Å². The Bertz CT molecular complexity index is 492. The Morgan fingerprint density at radius 3 is 2.31 bits per heavy atom. The van der Waals surface area contributed by atoms with Crippen molar-refractivity contribution in [1.29, 1.82) is 0 Å². The third-order valence-corrected chi connectivity index (χ3v) is 5.21. The van der Waals surface area contributed by atoms with Crippen molar-refractivity contribution in [3.63, 3.8) is 0 Å². The molecule has 2 aliphatic heterocycles. The van der Waals surface area contributed by atoms with Gasteiger partial charge in [-0.2, -0.15) is 0 Å². The van der Waals surface area contributed by atoms with Crippen LogP contribution in [-0.4, -0.2) is 105 Å². The third-order valence-electron chi connectivity index (χ3n) is 5.21. The van der Waals surface area contributed by atoms with Crippen molar-refractivity contribution in [2.75, 3.05) is 13.2 Å². The number of hydrogen-bond acceptors (Lipinski definition) is 10. The molecule has 0 spiro atoms. The minimum Gasteiger partial charge on any atom is -0.388 e. The van der Waals surface area contributed by atoms with Gasteiger partial charge in [-0.3, -0.25) is 0 Å². The average Bonchev–Trinajstić information content (AvgIpc) is 2.71. The van der Waals surface area contributed by atoms with E-state index >= 15 is 0 Å². The molecule has 0 aromatic heterocycles. The minimum absolute atomic E-state index is 0.233. The standard InChI is InChI=1S/C19H34O10/c1-3-5-6-7-10(4-2)28-19-17(25)15(23)14(22)12(29-19)9-27-18-16(24)13(21)11(20)8-26-18/h4,10-25H,2-3,5-9H2,1H3/t10-,11-,12+,13-,14-,15-,16-,17-,18-,19-/m1/s1. The highest BCUT2D eigenvalue weighted by Crippen LogP contribution is 2.26. The Balaban J connectivity index is 1.93. The van der Waals surface area contributed by atoms with E-state index in [1.165, 1.54) is 0 Å². The van der Waals surface area contributed by atoms with E-state index in [2.05, 4.69) is 13.5 Å². The number of ether oxygens (including phenoxy) is 4. The first-order valence-corrected chi connectivity index (χ1v) is 10.0. The predicted molar refractivity (Wildman–Crippen MR) is 99.6 cm³/mol. The molecule has 2 rings (SSSR count). The van der Waals surface area contributed by atoms with Gasteiger partial charge < -0.3 is 49.6 Å². The van der Waals surface area contributed by atoms with Crippen LogP contribution in [0.3, 0.4) is 0 Å². The number of aliphatic hydroxyl groups is 6. The maximum Gasteiger partial charge on any atom is 0.187 e. The number of aliphatic hydroxyl groups excluding tert-OH is 6. The van der Waals surface area contributed by atoms with Crippen LogP contribution in [0.1, 0.15) is 32.6 Å². The van der Waals surface area contributed by atoms with Gasteiger partial charge in [0, 0.05) is 0 Å². The molecule has 0 bridgehead atoms. The van der Waals surface area contributed by atoms with Crippen LogP contribution in [0.4, 0.5) is 0 Å². The van der Waals surface area contributed by atoms with E-state index in [9.17, 15) is 30.6 Å². The molecule has 0 aliphatic carbocycles. The highest BCUT2D eigenvalue weighted by molar-refractivity contribution is 4.91. The van der Waals surface area contributed by atoms with Crippen LogP contribution in [0.2, 0.25) is 0 Å². The number of hydrogen-bond donors (Lipinski definition) is 6. The largest absolute Gasteiger partial charge is 0.388 e. The van der Waals surface area contributed by atoms with Crippen molar-refractivity contribution in [3.05, 3.63) is 12.7 Å². The molecule has 10 heteroatoms. The summed E-state index contributed by atoms with van der Waals surface area (Å²) in [4.78, 5) is 0. The molecule has 0 aromatic carbocycles. The molecule has 2 saturated heterocycles. The molecule has 0 aromatic rings. The quantitative estimate of drug-likeness (QED) is 0.179. The van der Waals surface area contributed by atoms with Gasteiger partial charge in [0.15, 0.2) is 12.6 Å². The van der Waals surface area contributed by atoms with Gasteiger partial charge in [0.25, 0.3) is 0 Å². The highest BCUT2D eigenvalue weighted by atomic mass is 16.7. The summed E-state index contributed by atoms with van der Waals surface area (Å²) < 4.78 is 21.8. The second-order valence-corrected chi connectivity index (χ2v) is 7.50. The van der Waals surface area contributed by atoms with Gasteiger partial charge in [-0.25, -0.2) is 0 Å². The fraction of sp³-hybridized carbons (Fsp3) is 0.895. The molecule has 2 aliphatic rings. The van der Waals surface area contributed by atoms with Crippen molar-refractivity contribution in [2.24, 2.45) is 0 Å². The van der Waals surface area contributed by atoms with Crippen molar-refractivity contribution < 1.29 is 49.6 Å².